The van der Waals surface area contributed by atoms with Gasteiger partial charge in [0.05, 0.1) is 10.5 Å². The van der Waals surface area contributed by atoms with Crippen LogP contribution < -0.4 is 0 Å². The molecule has 3 N–H and O–H groups in total. The third-order valence-corrected chi connectivity index (χ3v) is 2.66. The Labute approximate surface area is 112 Å². The van der Waals surface area contributed by atoms with Crippen molar-refractivity contribution < 1.29 is 25.0 Å². The quantitative estimate of drug-likeness (QED) is 0.259. The predicted molar refractivity (Wildman–Crippen MR) is 68.0 cm³/mol. The summed E-state index contributed by atoms with van der Waals surface area (Å²) in [6.07, 6.45) is 0. The maximum atomic E-state index is 12.1. The highest BCUT2D eigenvalue weighted by atomic mass is 16.6. The second kappa shape index (κ2) is 4.88. The summed E-state index contributed by atoms with van der Waals surface area (Å²) in [6, 6.07) is 6.68. The summed E-state index contributed by atoms with van der Waals surface area (Å²) in [4.78, 5) is 22.1. The molecule has 0 saturated carbocycles. The number of benzene rings is 2. The second-order valence-electron chi connectivity index (χ2n) is 3.99. The van der Waals surface area contributed by atoms with E-state index in [1.165, 1.54) is 18.2 Å². The topological polar surface area (TPSA) is 121 Å². The Kier molecular flexibility index (Phi) is 3.26. The molecule has 2 rings (SSSR count). The predicted octanol–water partition coefficient (Wildman–Crippen LogP) is 1.94. The number of ketones is 1. The van der Waals surface area contributed by atoms with Crippen molar-refractivity contribution in [1.29, 1.82) is 0 Å². The summed E-state index contributed by atoms with van der Waals surface area (Å²) >= 11 is 0. The molecular weight excluding hydrogens is 266 g/mol. The Morgan fingerprint density at radius 3 is 2.30 bits per heavy atom. The van der Waals surface area contributed by atoms with Gasteiger partial charge in [0.1, 0.15) is 5.75 Å². The molecule has 0 aromatic heterocycles. The number of non-ortho nitro benzene ring substituents is 1. The van der Waals surface area contributed by atoms with Crippen LogP contribution in [0, 0.1) is 10.1 Å². The maximum absolute atomic E-state index is 12.1. The molecule has 0 atom stereocenters. The Hall–Kier alpha value is -3.09. The monoisotopic (exact) mass is 275 g/mol. The molecule has 0 radical (unpaired) electrons. The Bertz CT molecular complexity index is 710. The molecule has 0 aliphatic carbocycles. The first-order valence-electron chi connectivity index (χ1n) is 5.44. The van der Waals surface area contributed by atoms with Gasteiger partial charge >= 0.3 is 0 Å². The lowest BCUT2D eigenvalue weighted by Crippen LogP contribution is -2.02. The number of rotatable bonds is 3. The molecule has 0 spiro atoms. The van der Waals surface area contributed by atoms with Gasteiger partial charge in [-0.1, -0.05) is 12.1 Å². The van der Waals surface area contributed by atoms with Crippen molar-refractivity contribution >= 4 is 11.5 Å². The highest BCUT2D eigenvalue weighted by Crippen LogP contribution is 2.33. The molecule has 0 aliphatic rings. The minimum atomic E-state index is -0.707. The summed E-state index contributed by atoms with van der Waals surface area (Å²) in [6.45, 7) is 0. The number of phenolic OH excluding ortho intramolecular Hbond substituents is 3. The standard InChI is InChI=1S/C13H9NO6/c15-10-6-12(17)11(16)5-9(10)13(18)7-2-1-3-8(4-7)14(19)20/h1-6,15-17H. The van der Waals surface area contributed by atoms with Crippen molar-refractivity contribution in [1.82, 2.24) is 0 Å². The van der Waals surface area contributed by atoms with Gasteiger partial charge in [-0.15, -0.1) is 0 Å². The fourth-order valence-corrected chi connectivity index (χ4v) is 1.66. The lowest BCUT2D eigenvalue weighted by molar-refractivity contribution is -0.384. The number of nitro groups is 1. The van der Waals surface area contributed by atoms with E-state index in [0.29, 0.717) is 0 Å². The molecule has 0 heterocycles. The zero-order chi connectivity index (χ0) is 14.9. The SMILES string of the molecule is O=C(c1cccc([N+](=O)[O-])c1)c1cc(O)c(O)cc1O. The number of nitrogens with zero attached hydrogens (tertiary/aromatic N) is 1. The Morgan fingerprint density at radius 1 is 1.00 bits per heavy atom. The van der Waals surface area contributed by atoms with Gasteiger partial charge in [0.15, 0.2) is 17.3 Å². The van der Waals surface area contributed by atoms with Crippen molar-refractivity contribution in [3.05, 3.63) is 57.6 Å². The van der Waals surface area contributed by atoms with Crippen LogP contribution >= 0.6 is 0 Å². The highest BCUT2D eigenvalue weighted by molar-refractivity contribution is 6.11. The van der Waals surface area contributed by atoms with Crippen molar-refractivity contribution in [3.8, 4) is 17.2 Å². The van der Waals surface area contributed by atoms with Crippen molar-refractivity contribution in [3.63, 3.8) is 0 Å². The number of aromatic hydroxyl groups is 3. The molecule has 7 nitrogen and oxygen atoms in total. The molecule has 0 aliphatic heterocycles. The fourth-order valence-electron chi connectivity index (χ4n) is 1.66. The number of nitro benzene ring substituents is 1. The summed E-state index contributed by atoms with van der Waals surface area (Å²) < 4.78 is 0. The van der Waals surface area contributed by atoms with E-state index >= 15 is 0 Å². The van der Waals surface area contributed by atoms with Crippen molar-refractivity contribution in [2.24, 2.45) is 0 Å². The normalized spacial score (nSPS) is 10.2. The molecular formula is C13H9NO6. The van der Waals surface area contributed by atoms with Crippen LogP contribution in [0.25, 0.3) is 0 Å². The Morgan fingerprint density at radius 2 is 1.65 bits per heavy atom. The van der Waals surface area contributed by atoms with Crippen LogP contribution in [-0.2, 0) is 0 Å². The summed E-state index contributed by atoms with van der Waals surface area (Å²) in [5.74, 6) is -2.38. The van der Waals surface area contributed by atoms with Gasteiger partial charge in [0.25, 0.3) is 5.69 Å². The summed E-state index contributed by atoms with van der Waals surface area (Å²) in [5, 5.41) is 38.8. The minimum Gasteiger partial charge on any atom is -0.507 e. The van der Waals surface area contributed by atoms with Gasteiger partial charge in [0, 0.05) is 23.8 Å². The lowest BCUT2D eigenvalue weighted by atomic mass is 10.0. The van der Waals surface area contributed by atoms with Crippen LogP contribution in [0.5, 0.6) is 17.2 Å². The van der Waals surface area contributed by atoms with Crippen LogP contribution in [0.1, 0.15) is 15.9 Å². The third kappa shape index (κ3) is 2.37. The first kappa shape index (κ1) is 13.3. The largest absolute Gasteiger partial charge is 0.507 e. The number of hydrogen-bond donors (Lipinski definition) is 3. The molecule has 0 fully saturated rings. The van der Waals surface area contributed by atoms with Crippen LogP contribution in [-0.4, -0.2) is 26.0 Å². The number of carbonyl (C=O) groups is 1. The molecule has 2 aromatic carbocycles. The maximum Gasteiger partial charge on any atom is 0.270 e. The van der Waals surface area contributed by atoms with Crippen LogP contribution in [0.15, 0.2) is 36.4 Å². The van der Waals surface area contributed by atoms with Crippen LogP contribution in [0.2, 0.25) is 0 Å². The van der Waals surface area contributed by atoms with Gasteiger partial charge in [-0.2, -0.15) is 0 Å². The van der Waals surface area contributed by atoms with Gasteiger partial charge < -0.3 is 15.3 Å². The van der Waals surface area contributed by atoms with Crippen LogP contribution in [0.4, 0.5) is 5.69 Å². The van der Waals surface area contributed by atoms with E-state index in [0.717, 1.165) is 18.2 Å². The fraction of sp³-hybridized carbons (Fsp3) is 0. The molecule has 20 heavy (non-hydrogen) atoms. The van der Waals surface area contributed by atoms with Gasteiger partial charge in [-0.05, 0) is 6.07 Å². The second-order valence-corrected chi connectivity index (χ2v) is 3.99. The molecule has 102 valence electrons. The molecule has 0 bridgehead atoms. The average molecular weight is 275 g/mol. The molecule has 0 saturated heterocycles. The minimum absolute atomic E-state index is 0.0143. The smallest absolute Gasteiger partial charge is 0.270 e. The van der Waals surface area contributed by atoms with E-state index < -0.39 is 28.0 Å². The molecule has 0 unspecified atom stereocenters. The number of carbonyl (C=O) groups excluding carboxylic acids is 1. The van der Waals surface area contributed by atoms with E-state index in [1.54, 1.807) is 0 Å². The van der Waals surface area contributed by atoms with E-state index in [9.17, 15) is 30.2 Å². The third-order valence-electron chi connectivity index (χ3n) is 2.66. The van der Waals surface area contributed by atoms with E-state index in [-0.39, 0.29) is 16.8 Å². The molecule has 0 amide bonds. The van der Waals surface area contributed by atoms with E-state index in [2.05, 4.69) is 0 Å². The lowest BCUT2D eigenvalue weighted by Gasteiger charge is -2.06. The first-order chi connectivity index (χ1) is 9.40. The zero-order valence-corrected chi connectivity index (χ0v) is 9.98. The van der Waals surface area contributed by atoms with Gasteiger partial charge in [0.2, 0.25) is 0 Å². The Balaban J connectivity index is 2.49. The average Bonchev–Trinajstić information content (AvgIpc) is 2.42. The summed E-state index contributed by atoms with van der Waals surface area (Å²) in [7, 11) is 0. The van der Waals surface area contributed by atoms with Gasteiger partial charge in [-0.3, -0.25) is 14.9 Å². The van der Waals surface area contributed by atoms with E-state index in [4.69, 9.17) is 0 Å². The first-order valence-corrected chi connectivity index (χ1v) is 5.44. The number of phenols is 3. The van der Waals surface area contributed by atoms with Gasteiger partial charge in [-0.25, -0.2) is 0 Å². The van der Waals surface area contributed by atoms with E-state index in [1.807, 2.05) is 0 Å². The molecule has 7 heteroatoms. The zero-order valence-electron chi connectivity index (χ0n) is 9.98. The van der Waals surface area contributed by atoms with Crippen molar-refractivity contribution in [2.75, 3.05) is 0 Å². The van der Waals surface area contributed by atoms with Crippen molar-refractivity contribution in [2.45, 2.75) is 0 Å². The molecule has 2 aromatic rings. The highest BCUT2D eigenvalue weighted by Gasteiger charge is 2.18. The summed E-state index contributed by atoms with van der Waals surface area (Å²) in [5.41, 5.74) is -0.543. The van der Waals surface area contributed by atoms with Crippen LogP contribution in [0.3, 0.4) is 0 Å². The number of hydrogen-bond acceptors (Lipinski definition) is 6.